The first-order valence-corrected chi connectivity index (χ1v) is 9.50. The van der Waals surface area contributed by atoms with E-state index < -0.39 is 6.08 Å². The van der Waals surface area contributed by atoms with Crippen molar-refractivity contribution in [3.8, 4) is 0 Å². The summed E-state index contributed by atoms with van der Waals surface area (Å²) >= 11 is 3.45. The van der Waals surface area contributed by atoms with Crippen molar-refractivity contribution in [3.63, 3.8) is 0 Å². The lowest BCUT2D eigenvalue weighted by Crippen LogP contribution is -2.12. The van der Waals surface area contributed by atoms with Crippen LogP contribution in [0.4, 0.5) is 10.2 Å². The van der Waals surface area contributed by atoms with Crippen LogP contribution in [0, 0.1) is 6.08 Å². The molecule has 136 valence electrons. The van der Waals surface area contributed by atoms with Crippen molar-refractivity contribution in [3.05, 3.63) is 46.7 Å². The molecule has 6 nitrogen and oxygen atoms in total. The van der Waals surface area contributed by atoms with Gasteiger partial charge in [-0.15, -0.1) is 0 Å². The number of benzene rings is 1. The number of hydrogen-bond acceptors (Lipinski definition) is 5. The van der Waals surface area contributed by atoms with Crippen LogP contribution in [0.3, 0.4) is 0 Å². The van der Waals surface area contributed by atoms with E-state index >= 15 is 0 Å². The molecule has 1 unspecified atom stereocenters. The van der Waals surface area contributed by atoms with Crippen molar-refractivity contribution in [2.75, 3.05) is 11.9 Å². The SMILES string of the molecule is Fc1nc(NCc2cccc(Br)c2)c2ncn(C3CCCCCO3)c2n1. The third-order valence-corrected chi connectivity index (χ3v) is 4.95. The van der Waals surface area contributed by atoms with E-state index in [0.717, 1.165) is 35.7 Å². The molecule has 0 amide bonds. The Hall–Kier alpha value is -2.06. The van der Waals surface area contributed by atoms with Gasteiger partial charge in [-0.25, -0.2) is 4.98 Å². The molecule has 1 N–H and O–H groups in total. The minimum absolute atomic E-state index is 0.158. The van der Waals surface area contributed by atoms with E-state index in [9.17, 15) is 4.39 Å². The molecule has 1 saturated heterocycles. The minimum Gasteiger partial charge on any atom is -0.364 e. The topological polar surface area (TPSA) is 64.9 Å². The lowest BCUT2D eigenvalue weighted by molar-refractivity contribution is 0.00928. The molecule has 1 aromatic carbocycles. The van der Waals surface area contributed by atoms with Gasteiger partial charge in [0.05, 0.1) is 6.33 Å². The third-order valence-electron chi connectivity index (χ3n) is 4.46. The Kier molecular flexibility index (Phi) is 5.12. The predicted octanol–water partition coefficient (Wildman–Crippen LogP) is 4.43. The molecule has 0 spiro atoms. The number of nitrogens with zero attached hydrogens (tertiary/aromatic N) is 4. The molecule has 3 heterocycles. The molecule has 0 bridgehead atoms. The summed E-state index contributed by atoms with van der Waals surface area (Å²) in [6.45, 7) is 1.21. The maximum atomic E-state index is 14.0. The van der Waals surface area contributed by atoms with E-state index in [0.29, 0.717) is 30.1 Å². The van der Waals surface area contributed by atoms with E-state index in [1.165, 1.54) is 0 Å². The highest BCUT2D eigenvalue weighted by Gasteiger charge is 2.20. The van der Waals surface area contributed by atoms with Crippen LogP contribution in [0.5, 0.6) is 0 Å². The van der Waals surface area contributed by atoms with Gasteiger partial charge >= 0.3 is 6.08 Å². The van der Waals surface area contributed by atoms with Gasteiger partial charge in [0.25, 0.3) is 0 Å². The molecular weight excluding hydrogens is 401 g/mol. The predicted molar refractivity (Wildman–Crippen MR) is 100 cm³/mol. The Balaban J connectivity index is 1.63. The van der Waals surface area contributed by atoms with Crippen LogP contribution in [0.25, 0.3) is 11.2 Å². The zero-order chi connectivity index (χ0) is 17.9. The fourth-order valence-electron chi connectivity index (χ4n) is 3.18. The van der Waals surface area contributed by atoms with Crippen molar-refractivity contribution >= 4 is 32.9 Å². The van der Waals surface area contributed by atoms with Gasteiger partial charge in [-0.2, -0.15) is 14.4 Å². The molecule has 3 aromatic rings. The summed E-state index contributed by atoms with van der Waals surface area (Å²) in [5, 5.41) is 3.17. The van der Waals surface area contributed by atoms with Gasteiger partial charge in [0, 0.05) is 17.6 Å². The van der Waals surface area contributed by atoms with Gasteiger partial charge in [0.2, 0.25) is 0 Å². The fourth-order valence-corrected chi connectivity index (χ4v) is 3.62. The molecule has 1 aliphatic heterocycles. The number of fused-ring (bicyclic) bond motifs is 1. The Bertz CT molecular complexity index is 908. The number of imidazole rings is 1. The monoisotopic (exact) mass is 419 g/mol. The lowest BCUT2D eigenvalue weighted by atomic mass is 10.2. The number of hydrogen-bond donors (Lipinski definition) is 1. The molecule has 26 heavy (non-hydrogen) atoms. The quantitative estimate of drug-likeness (QED) is 0.633. The molecule has 4 rings (SSSR count). The molecule has 0 aliphatic carbocycles. The van der Waals surface area contributed by atoms with Gasteiger partial charge in [0.15, 0.2) is 17.0 Å². The second-order valence-electron chi connectivity index (χ2n) is 6.32. The van der Waals surface area contributed by atoms with Crippen LogP contribution in [-0.4, -0.2) is 26.1 Å². The standard InChI is InChI=1S/C18H19BrFN5O/c19-13-6-4-5-12(9-13)10-21-16-15-17(24-18(20)23-16)25(11-22-15)14-7-2-1-3-8-26-14/h4-6,9,11,14H,1-3,7-8,10H2,(H,21,23,24). The highest BCUT2D eigenvalue weighted by atomic mass is 79.9. The smallest absolute Gasteiger partial charge is 0.312 e. The first-order valence-electron chi connectivity index (χ1n) is 8.71. The summed E-state index contributed by atoms with van der Waals surface area (Å²) < 4.78 is 22.7. The average Bonchev–Trinajstić information content (AvgIpc) is 2.87. The van der Waals surface area contributed by atoms with E-state index in [4.69, 9.17) is 4.74 Å². The highest BCUT2D eigenvalue weighted by Crippen LogP contribution is 2.27. The van der Waals surface area contributed by atoms with Crippen molar-refractivity contribution in [1.29, 1.82) is 0 Å². The van der Waals surface area contributed by atoms with E-state index in [2.05, 4.69) is 36.2 Å². The Morgan fingerprint density at radius 1 is 1.27 bits per heavy atom. The lowest BCUT2D eigenvalue weighted by Gasteiger charge is -2.16. The van der Waals surface area contributed by atoms with Crippen LogP contribution >= 0.6 is 15.9 Å². The molecule has 1 fully saturated rings. The van der Waals surface area contributed by atoms with Gasteiger partial charge in [-0.3, -0.25) is 4.57 Å². The van der Waals surface area contributed by atoms with Crippen molar-refractivity contribution in [1.82, 2.24) is 19.5 Å². The first-order chi connectivity index (χ1) is 12.7. The molecule has 2 aromatic heterocycles. The van der Waals surface area contributed by atoms with Crippen LogP contribution in [0.2, 0.25) is 0 Å². The van der Waals surface area contributed by atoms with E-state index in [1.807, 2.05) is 28.8 Å². The Morgan fingerprint density at radius 2 is 2.19 bits per heavy atom. The summed E-state index contributed by atoms with van der Waals surface area (Å²) in [7, 11) is 0. The zero-order valence-corrected chi connectivity index (χ0v) is 15.7. The molecule has 0 radical (unpaired) electrons. The average molecular weight is 420 g/mol. The first kappa shape index (κ1) is 17.4. The van der Waals surface area contributed by atoms with Crippen LogP contribution in [-0.2, 0) is 11.3 Å². The van der Waals surface area contributed by atoms with Gasteiger partial charge in [0.1, 0.15) is 6.23 Å². The summed E-state index contributed by atoms with van der Waals surface area (Å²) in [4.78, 5) is 12.3. The van der Waals surface area contributed by atoms with Crippen molar-refractivity contribution in [2.24, 2.45) is 0 Å². The fraction of sp³-hybridized carbons (Fsp3) is 0.389. The van der Waals surface area contributed by atoms with E-state index in [1.54, 1.807) is 6.33 Å². The van der Waals surface area contributed by atoms with Crippen LogP contribution in [0.1, 0.15) is 37.5 Å². The number of rotatable bonds is 4. The zero-order valence-electron chi connectivity index (χ0n) is 14.2. The van der Waals surface area contributed by atoms with Crippen LogP contribution < -0.4 is 5.32 Å². The van der Waals surface area contributed by atoms with Crippen molar-refractivity contribution in [2.45, 2.75) is 38.5 Å². The van der Waals surface area contributed by atoms with Crippen LogP contribution in [0.15, 0.2) is 35.1 Å². The number of nitrogens with one attached hydrogen (secondary N) is 1. The maximum Gasteiger partial charge on any atom is 0.312 e. The van der Waals surface area contributed by atoms with Gasteiger partial charge in [-0.05, 0) is 37.0 Å². The molecule has 8 heteroatoms. The summed E-state index contributed by atoms with van der Waals surface area (Å²) in [6, 6.07) is 7.90. The number of aromatic nitrogens is 4. The molecule has 0 saturated carbocycles. The molecular formula is C18H19BrFN5O. The van der Waals surface area contributed by atoms with Gasteiger partial charge < -0.3 is 10.1 Å². The number of ether oxygens (including phenoxy) is 1. The summed E-state index contributed by atoms with van der Waals surface area (Å²) in [6.07, 6.45) is 4.88. The summed E-state index contributed by atoms with van der Waals surface area (Å²) in [5.74, 6) is 0.389. The minimum atomic E-state index is -0.774. The summed E-state index contributed by atoms with van der Waals surface area (Å²) in [5.41, 5.74) is 2.06. The Labute approximate surface area is 158 Å². The highest BCUT2D eigenvalue weighted by molar-refractivity contribution is 9.10. The number of halogens is 2. The molecule has 1 aliphatic rings. The van der Waals surface area contributed by atoms with Gasteiger partial charge in [-0.1, -0.05) is 34.5 Å². The van der Waals surface area contributed by atoms with Crippen molar-refractivity contribution < 1.29 is 9.13 Å². The van der Waals surface area contributed by atoms with E-state index in [-0.39, 0.29) is 6.23 Å². The Morgan fingerprint density at radius 3 is 3.08 bits per heavy atom. The number of anilines is 1. The molecule has 1 atom stereocenters. The second kappa shape index (κ2) is 7.67. The normalized spacial score (nSPS) is 18.0. The largest absolute Gasteiger partial charge is 0.364 e. The second-order valence-corrected chi connectivity index (χ2v) is 7.24. The maximum absolute atomic E-state index is 14.0. The third kappa shape index (κ3) is 3.71.